The van der Waals surface area contributed by atoms with Crippen LogP contribution in [0.2, 0.25) is 5.02 Å². The zero-order chi connectivity index (χ0) is 22.9. The van der Waals surface area contributed by atoms with Gasteiger partial charge in [0.25, 0.3) is 5.91 Å². The molecule has 3 aromatic rings. The van der Waals surface area contributed by atoms with E-state index in [0.717, 1.165) is 17.7 Å². The maximum absolute atomic E-state index is 13.7. The van der Waals surface area contributed by atoms with Gasteiger partial charge in [-0.05, 0) is 54.4 Å². The molecule has 0 saturated carbocycles. The van der Waals surface area contributed by atoms with Crippen molar-refractivity contribution < 1.29 is 19.2 Å². The van der Waals surface area contributed by atoms with E-state index in [2.05, 4.69) is 0 Å². The minimum Gasteiger partial charge on any atom is -0.494 e. The van der Waals surface area contributed by atoms with E-state index >= 15 is 0 Å². The maximum atomic E-state index is 13.7. The molecule has 33 heavy (non-hydrogen) atoms. The van der Waals surface area contributed by atoms with Crippen molar-refractivity contribution in [2.45, 2.75) is 25.5 Å². The normalized spacial score (nSPS) is 22.1. The minimum atomic E-state index is -0.935. The van der Waals surface area contributed by atoms with Gasteiger partial charge in [-0.1, -0.05) is 54.9 Å². The largest absolute Gasteiger partial charge is 0.494 e. The van der Waals surface area contributed by atoms with Gasteiger partial charge >= 0.3 is 0 Å². The number of carbonyl (C=O) groups is 2. The van der Waals surface area contributed by atoms with Crippen LogP contribution in [0.1, 0.15) is 24.9 Å². The zero-order valence-corrected chi connectivity index (χ0v) is 18.8. The number of hydroxylamine groups is 1. The van der Waals surface area contributed by atoms with Crippen LogP contribution in [-0.2, 0) is 14.4 Å². The van der Waals surface area contributed by atoms with E-state index in [0.29, 0.717) is 23.1 Å². The average molecular weight is 463 g/mol. The number of amides is 2. The van der Waals surface area contributed by atoms with E-state index in [4.69, 9.17) is 21.2 Å². The van der Waals surface area contributed by atoms with Gasteiger partial charge in [0.1, 0.15) is 11.7 Å². The van der Waals surface area contributed by atoms with Crippen LogP contribution in [0.4, 0.5) is 11.4 Å². The summed E-state index contributed by atoms with van der Waals surface area (Å²) in [4.78, 5) is 34.4. The van der Waals surface area contributed by atoms with Gasteiger partial charge < -0.3 is 4.74 Å². The number of rotatable bonds is 6. The first kappa shape index (κ1) is 21.5. The highest BCUT2D eigenvalue weighted by Gasteiger charge is 2.60. The summed E-state index contributed by atoms with van der Waals surface area (Å²) in [6, 6.07) is 23.2. The second-order valence-corrected chi connectivity index (χ2v) is 8.44. The predicted octanol–water partition coefficient (Wildman–Crippen LogP) is 5.18. The Hall–Kier alpha value is -3.35. The quantitative estimate of drug-likeness (QED) is 0.472. The molecule has 3 atom stereocenters. The second-order valence-electron chi connectivity index (χ2n) is 8.03. The number of ether oxygens (including phenoxy) is 1. The Bertz CT molecular complexity index is 1170. The summed E-state index contributed by atoms with van der Waals surface area (Å²) >= 11 is 6.54. The van der Waals surface area contributed by atoms with E-state index < -0.39 is 18.1 Å². The molecule has 2 heterocycles. The number of nitrogens with zero attached hydrogens (tertiary/aromatic N) is 2. The molecule has 0 spiro atoms. The van der Waals surface area contributed by atoms with Crippen LogP contribution in [-0.4, -0.2) is 24.5 Å². The Labute approximate surface area is 197 Å². The number of hydrogen-bond acceptors (Lipinski definition) is 5. The summed E-state index contributed by atoms with van der Waals surface area (Å²) < 4.78 is 5.62. The first-order valence-corrected chi connectivity index (χ1v) is 11.3. The molecule has 7 heteroatoms. The number of carbonyl (C=O) groups excluding carboxylic acids is 2. The third kappa shape index (κ3) is 3.75. The Morgan fingerprint density at radius 1 is 0.879 bits per heavy atom. The van der Waals surface area contributed by atoms with Crippen molar-refractivity contribution in [3.8, 4) is 5.75 Å². The lowest BCUT2D eigenvalue weighted by Gasteiger charge is -2.29. The molecule has 5 rings (SSSR count). The third-order valence-electron chi connectivity index (χ3n) is 5.92. The van der Waals surface area contributed by atoms with Crippen molar-refractivity contribution in [3.05, 3.63) is 89.4 Å². The molecule has 0 bridgehead atoms. The molecule has 2 saturated heterocycles. The van der Waals surface area contributed by atoms with E-state index in [1.165, 1.54) is 4.90 Å². The molecular formula is C26H23ClN2O4. The fourth-order valence-corrected chi connectivity index (χ4v) is 4.66. The van der Waals surface area contributed by atoms with Crippen molar-refractivity contribution in [2.24, 2.45) is 5.92 Å². The highest BCUT2D eigenvalue weighted by atomic mass is 35.5. The number of anilines is 2. The molecule has 2 fully saturated rings. The van der Waals surface area contributed by atoms with Crippen LogP contribution in [0.5, 0.6) is 5.75 Å². The van der Waals surface area contributed by atoms with Gasteiger partial charge in [-0.3, -0.25) is 14.4 Å². The number of fused-ring (bicyclic) bond motifs is 1. The Morgan fingerprint density at radius 3 is 2.27 bits per heavy atom. The fourth-order valence-electron chi connectivity index (χ4n) is 4.41. The van der Waals surface area contributed by atoms with Crippen LogP contribution in [0.25, 0.3) is 0 Å². The summed E-state index contributed by atoms with van der Waals surface area (Å²) in [6.07, 6.45) is -0.0395. The molecule has 0 aromatic heterocycles. The molecule has 0 aliphatic carbocycles. The summed E-state index contributed by atoms with van der Waals surface area (Å²) in [7, 11) is 0. The van der Waals surface area contributed by atoms with E-state index in [9.17, 15) is 9.59 Å². The molecule has 6 nitrogen and oxygen atoms in total. The minimum absolute atomic E-state index is 0.310. The van der Waals surface area contributed by atoms with E-state index in [1.807, 2.05) is 55.5 Å². The monoisotopic (exact) mass is 462 g/mol. The zero-order valence-electron chi connectivity index (χ0n) is 18.1. The second kappa shape index (κ2) is 8.89. The van der Waals surface area contributed by atoms with Gasteiger partial charge in [0.2, 0.25) is 5.91 Å². The third-order valence-corrected chi connectivity index (χ3v) is 6.26. The topological polar surface area (TPSA) is 59.1 Å². The molecule has 168 valence electrons. The van der Waals surface area contributed by atoms with Crippen molar-refractivity contribution in [1.82, 2.24) is 0 Å². The molecular weight excluding hydrogens is 440 g/mol. The molecule has 3 aromatic carbocycles. The first-order chi connectivity index (χ1) is 16.1. The van der Waals surface area contributed by atoms with Crippen LogP contribution < -0.4 is 14.7 Å². The Morgan fingerprint density at radius 2 is 1.58 bits per heavy atom. The maximum Gasteiger partial charge on any atom is 0.266 e. The summed E-state index contributed by atoms with van der Waals surface area (Å²) in [5.41, 5.74) is 1.99. The van der Waals surface area contributed by atoms with Crippen LogP contribution in [0, 0.1) is 5.92 Å². The molecule has 0 unspecified atom stereocenters. The molecule has 2 aliphatic heterocycles. The lowest BCUT2D eigenvalue weighted by molar-refractivity contribution is -0.126. The number of imide groups is 1. The van der Waals surface area contributed by atoms with Gasteiger partial charge in [-0.2, -0.15) is 0 Å². The van der Waals surface area contributed by atoms with Gasteiger partial charge in [0.15, 0.2) is 6.10 Å². The van der Waals surface area contributed by atoms with Crippen LogP contribution >= 0.6 is 11.6 Å². The summed E-state index contributed by atoms with van der Waals surface area (Å²) in [6.45, 7) is 2.64. The van der Waals surface area contributed by atoms with E-state index in [-0.39, 0.29) is 11.8 Å². The SMILES string of the molecule is CCCOc1ccc(N2C(=O)[C@@H]3[C@@H](ON(c4ccccc4)[C@H]3c3ccccc3Cl)C2=O)cc1. The Kier molecular flexibility index (Phi) is 5.79. The number of hydrogen-bond donors (Lipinski definition) is 0. The van der Waals surface area contributed by atoms with Gasteiger partial charge in [-0.25, -0.2) is 9.96 Å². The number of benzene rings is 3. The van der Waals surface area contributed by atoms with E-state index in [1.54, 1.807) is 35.4 Å². The predicted molar refractivity (Wildman–Crippen MR) is 126 cm³/mol. The van der Waals surface area contributed by atoms with Crippen molar-refractivity contribution in [2.75, 3.05) is 16.6 Å². The number of para-hydroxylation sites is 1. The van der Waals surface area contributed by atoms with Crippen molar-refractivity contribution >= 4 is 34.8 Å². The highest BCUT2D eigenvalue weighted by Crippen LogP contribution is 2.48. The van der Waals surface area contributed by atoms with Crippen molar-refractivity contribution in [3.63, 3.8) is 0 Å². The molecule has 2 amide bonds. The van der Waals surface area contributed by atoms with Crippen LogP contribution in [0.3, 0.4) is 0 Å². The molecule has 0 radical (unpaired) electrons. The van der Waals surface area contributed by atoms with Crippen LogP contribution in [0.15, 0.2) is 78.9 Å². The lowest BCUT2D eigenvalue weighted by atomic mass is 9.90. The van der Waals surface area contributed by atoms with Gasteiger partial charge in [0.05, 0.1) is 24.0 Å². The van der Waals surface area contributed by atoms with Gasteiger partial charge in [0, 0.05) is 5.02 Å². The standard InChI is InChI=1S/C26H23ClN2O4/c1-2-16-32-19-14-12-17(13-15-19)28-25(30)22-23(20-10-6-7-11-21(20)27)29(33-24(22)26(28)31)18-8-4-3-5-9-18/h3-15,22-24H,2,16H2,1H3/t22-,23-,24+/m0/s1. The summed E-state index contributed by atoms with van der Waals surface area (Å²) in [5.74, 6) is -0.729. The smallest absolute Gasteiger partial charge is 0.266 e. The summed E-state index contributed by atoms with van der Waals surface area (Å²) in [5, 5.41) is 2.16. The highest BCUT2D eigenvalue weighted by molar-refractivity contribution is 6.31. The van der Waals surface area contributed by atoms with Crippen molar-refractivity contribution in [1.29, 1.82) is 0 Å². The Balaban J connectivity index is 1.51. The fraction of sp³-hybridized carbons (Fsp3) is 0.231. The van der Waals surface area contributed by atoms with Gasteiger partial charge in [-0.15, -0.1) is 0 Å². The molecule has 0 N–H and O–H groups in total. The number of halogens is 1. The average Bonchev–Trinajstić information content (AvgIpc) is 3.35. The molecule has 2 aliphatic rings. The first-order valence-electron chi connectivity index (χ1n) is 11.0. The lowest BCUT2D eigenvalue weighted by Crippen LogP contribution is -2.37.